The second-order valence-corrected chi connectivity index (χ2v) is 20.6. The number of furan rings is 1. The summed E-state index contributed by atoms with van der Waals surface area (Å²) in [6, 6.07) is 61.5. The van der Waals surface area contributed by atoms with Gasteiger partial charge in [0.2, 0.25) is 0 Å². The third-order valence-corrected chi connectivity index (χ3v) is 12.3. The molecule has 1 radical (unpaired) electrons. The van der Waals surface area contributed by atoms with E-state index >= 15 is 0 Å². The molecule has 9 aromatic rings. The Bertz CT molecular complexity index is 2740. The summed E-state index contributed by atoms with van der Waals surface area (Å²) in [6.45, 7) is 11.4. The molecule has 3 nitrogen and oxygen atoms in total. The molecule has 6 aromatic carbocycles. The molecular weight excluding hydrogens is 889 g/mol. The van der Waals surface area contributed by atoms with Crippen LogP contribution >= 0.6 is 0 Å². The number of hydrogen-bond donors (Lipinski definition) is 0. The minimum Gasteiger partial charge on any atom is -0.500 e. The number of fused-ring (bicyclic) bond motifs is 3. The number of benzene rings is 6. The fraction of sp³-hybridized carbons (Fsp3) is 0.115. The number of aromatic nitrogens is 2. The van der Waals surface area contributed by atoms with Crippen LogP contribution < -0.4 is 5.19 Å². The number of hydrogen-bond acceptors (Lipinski definition) is 3. The van der Waals surface area contributed by atoms with Crippen LogP contribution in [-0.2, 0) is 20.1 Å². The van der Waals surface area contributed by atoms with Crippen molar-refractivity contribution < 1.29 is 24.5 Å². The molecule has 0 saturated carbocycles. The van der Waals surface area contributed by atoms with Gasteiger partial charge in [-0.3, -0.25) is 0 Å². The summed E-state index contributed by atoms with van der Waals surface area (Å²) >= 11 is 0. The summed E-state index contributed by atoms with van der Waals surface area (Å²) in [7, 11) is -1.29. The van der Waals surface area contributed by atoms with Gasteiger partial charge in [0.15, 0.2) is 0 Å². The Morgan fingerprint density at radius 2 is 1.21 bits per heavy atom. The van der Waals surface area contributed by atoms with Crippen LogP contribution in [0.5, 0.6) is 0 Å². The fourth-order valence-electron chi connectivity index (χ4n) is 6.97. The third-order valence-electron chi connectivity index (χ3n) is 10.2. The van der Waals surface area contributed by atoms with E-state index in [4.69, 9.17) is 4.42 Å². The van der Waals surface area contributed by atoms with Gasteiger partial charge in [-0.2, -0.15) is 0 Å². The SMILES string of the molecule is CC(C)c1ccnc(-c2[c-]cc3oc4c(-c5ccccc5)cc(-c5ccccc5)cc4c3c2)c1.C[Si](C)(C)c1ccc(-c2[c-]ccc(-c3ccccc3)c2)nc1.[Ir]. The van der Waals surface area contributed by atoms with Crippen molar-refractivity contribution in [2.24, 2.45) is 0 Å². The van der Waals surface area contributed by atoms with Crippen molar-refractivity contribution in [1.29, 1.82) is 0 Å². The maximum Gasteiger partial charge on any atom is 0.128 e. The van der Waals surface area contributed by atoms with E-state index in [2.05, 4.69) is 183 Å². The van der Waals surface area contributed by atoms with E-state index in [1.807, 2.05) is 42.7 Å². The molecule has 0 fully saturated rings. The first-order valence-corrected chi connectivity index (χ1v) is 22.7. The van der Waals surface area contributed by atoms with Gasteiger partial charge < -0.3 is 14.4 Å². The van der Waals surface area contributed by atoms with E-state index < -0.39 is 8.07 Å². The fourth-order valence-corrected chi connectivity index (χ4v) is 8.01. The molecule has 0 N–H and O–H groups in total. The molecule has 3 aromatic heterocycles. The van der Waals surface area contributed by atoms with Crippen LogP contribution in [0.4, 0.5) is 0 Å². The van der Waals surface area contributed by atoms with Crippen molar-refractivity contribution in [3.05, 3.63) is 188 Å². The molecule has 0 aliphatic carbocycles. The predicted octanol–water partition coefficient (Wildman–Crippen LogP) is 13.7. The van der Waals surface area contributed by atoms with Gasteiger partial charge in [0.1, 0.15) is 5.58 Å². The van der Waals surface area contributed by atoms with Gasteiger partial charge in [-0.05, 0) is 62.9 Å². The molecular formula is C52H44IrN2OSi-2. The minimum absolute atomic E-state index is 0. The maximum absolute atomic E-state index is 6.43. The summed E-state index contributed by atoms with van der Waals surface area (Å²) in [5, 5.41) is 3.57. The van der Waals surface area contributed by atoms with Gasteiger partial charge in [0.25, 0.3) is 0 Å². The average Bonchev–Trinajstić information content (AvgIpc) is 3.62. The normalized spacial score (nSPS) is 11.3. The Morgan fingerprint density at radius 1 is 0.561 bits per heavy atom. The minimum atomic E-state index is -1.29. The Morgan fingerprint density at radius 3 is 1.84 bits per heavy atom. The van der Waals surface area contributed by atoms with Gasteiger partial charge in [-0.1, -0.05) is 154 Å². The van der Waals surface area contributed by atoms with E-state index in [-0.39, 0.29) is 20.1 Å². The number of nitrogens with zero attached hydrogens (tertiary/aromatic N) is 2. The first-order valence-electron chi connectivity index (χ1n) is 19.2. The summed E-state index contributed by atoms with van der Waals surface area (Å²) in [5.74, 6) is 0.446. The van der Waals surface area contributed by atoms with Crippen molar-refractivity contribution in [3.63, 3.8) is 0 Å². The zero-order chi connectivity index (χ0) is 38.6. The van der Waals surface area contributed by atoms with E-state index in [9.17, 15) is 0 Å². The Labute approximate surface area is 350 Å². The molecule has 283 valence electrons. The van der Waals surface area contributed by atoms with Crippen LogP contribution in [0.25, 0.3) is 77.8 Å². The van der Waals surface area contributed by atoms with Crippen molar-refractivity contribution >= 4 is 35.2 Å². The van der Waals surface area contributed by atoms with Crippen LogP contribution in [-0.4, -0.2) is 18.0 Å². The molecule has 0 bridgehead atoms. The summed E-state index contributed by atoms with van der Waals surface area (Å²) in [5.41, 5.74) is 14.0. The molecule has 57 heavy (non-hydrogen) atoms. The van der Waals surface area contributed by atoms with Crippen molar-refractivity contribution in [2.45, 2.75) is 39.4 Å². The number of rotatable bonds is 7. The molecule has 3 heterocycles. The van der Waals surface area contributed by atoms with E-state index in [1.165, 1.54) is 33.0 Å². The zero-order valence-corrected chi connectivity index (χ0v) is 36.3. The van der Waals surface area contributed by atoms with Gasteiger partial charge >= 0.3 is 0 Å². The second kappa shape index (κ2) is 17.2. The first kappa shape index (κ1) is 39.5. The van der Waals surface area contributed by atoms with Gasteiger partial charge in [0, 0.05) is 43.4 Å². The second-order valence-electron chi connectivity index (χ2n) is 15.5. The van der Waals surface area contributed by atoms with Crippen LogP contribution in [0.15, 0.2) is 175 Å². The molecule has 0 spiro atoms. The van der Waals surface area contributed by atoms with Crippen molar-refractivity contribution in [3.8, 4) is 55.9 Å². The molecule has 5 heteroatoms. The van der Waals surface area contributed by atoms with Gasteiger partial charge in [-0.25, -0.2) is 0 Å². The third kappa shape index (κ3) is 8.82. The molecule has 0 amide bonds. The topological polar surface area (TPSA) is 38.9 Å². The zero-order valence-electron chi connectivity index (χ0n) is 32.9. The Kier molecular flexibility index (Phi) is 11.9. The van der Waals surface area contributed by atoms with Crippen LogP contribution in [0.3, 0.4) is 0 Å². The average molecular weight is 933 g/mol. The van der Waals surface area contributed by atoms with E-state index in [1.54, 1.807) is 0 Å². The molecule has 0 atom stereocenters. The van der Waals surface area contributed by atoms with Crippen LogP contribution in [0, 0.1) is 12.1 Å². The number of pyridine rings is 2. The Hall–Kier alpha value is -5.71. The molecule has 0 unspecified atom stereocenters. The smallest absolute Gasteiger partial charge is 0.128 e. The maximum atomic E-state index is 6.43. The molecule has 0 aliphatic rings. The predicted molar refractivity (Wildman–Crippen MR) is 238 cm³/mol. The van der Waals surface area contributed by atoms with E-state index in [0.717, 1.165) is 55.6 Å². The summed E-state index contributed by atoms with van der Waals surface area (Å²) < 4.78 is 6.43. The largest absolute Gasteiger partial charge is 0.500 e. The van der Waals surface area contributed by atoms with Gasteiger partial charge in [0.05, 0.1) is 13.7 Å². The quantitative estimate of drug-likeness (QED) is 0.118. The van der Waals surface area contributed by atoms with Crippen LogP contribution in [0.2, 0.25) is 19.6 Å². The summed E-state index contributed by atoms with van der Waals surface area (Å²) in [4.78, 5) is 9.29. The summed E-state index contributed by atoms with van der Waals surface area (Å²) in [6.07, 6.45) is 3.92. The van der Waals surface area contributed by atoms with Gasteiger partial charge in [-0.15, -0.1) is 59.2 Å². The van der Waals surface area contributed by atoms with Crippen molar-refractivity contribution in [2.75, 3.05) is 0 Å². The Balaban J connectivity index is 0.000000188. The van der Waals surface area contributed by atoms with E-state index in [0.29, 0.717) is 5.92 Å². The molecule has 0 aliphatic heterocycles. The van der Waals surface area contributed by atoms with Crippen molar-refractivity contribution in [1.82, 2.24) is 9.97 Å². The molecule has 0 saturated heterocycles. The molecule has 9 rings (SSSR count). The standard InChI is InChI=1S/C32H24NO.C20H20NSi.Ir/c1-21(2)24-15-16-33-30(20-24)25-13-14-31-28(17-25)29-19-26(22-9-5-3-6-10-22)18-27(32(29)34-31)23-11-7-4-8-12-23;1-22(2,3)19-12-13-20(21-15-19)18-11-7-10-17(14-18)16-8-5-4-6-9-16;/h3-12,14-21H,1-2H3;4-10,12-15H,1-3H3;/q2*-1;. The van der Waals surface area contributed by atoms with Crippen LogP contribution in [0.1, 0.15) is 25.3 Å². The monoisotopic (exact) mass is 933 g/mol. The first-order chi connectivity index (χ1) is 27.2.